The van der Waals surface area contributed by atoms with Gasteiger partial charge in [0, 0.05) is 25.2 Å². The normalized spacial score (nSPS) is 18.9. The number of pyridine rings is 1. The molecular formula is C15H19N5O2. The number of amides is 2. The van der Waals surface area contributed by atoms with Crippen LogP contribution in [-0.4, -0.2) is 39.5 Å². The predicted molar refractivity (Wildman–Crippen MR) is 81.9 cm³/mol. The van der Waals surface area contributed by atoms with Gasteiger partial charge in [-0.3, -0.25) is 0 Å². The van der Waals surface area contributed by atoms with Crippen molar-refractivity contribution in [1.82, 2.24) is 20.1 Å². The maximum atomic E-state index is 12.2. The molecule has 0 aromatic carbocycles. The number of hydrogen-bond acceptors (Lipinski definition) is 4. The number of carbonyl (C=O) groups excluding carboxylic acids is 1. The molecule has 1 aliphatic rings. The highest BCUT2D eigenvalue weighted by molar-refractivity contribution is 5.91. The fourth-order valence-electron chi connectivity index (χ4n) is 2.53. The van der Waals surface area contributed by atoms with Gasteiger partial charge < -0.3 is 15.4 Å². The molecule has 2 aromatic heterocycles. The van der Waals surface area contributed by atoms with Crippen molar-refractivity contribution >= 4 is 11.7 Å². The van der Waals surface area contributed by atoms with E-state index >= 15 is 0 Å². The molecule has 0 aliphatic carbocycles. The summed E-state index contributed by atoms with van der Waals surface area (Å²) in [6, 6.07) is 5.06. The summed E-state index contributed by atoms with van der Waals surface area (Å²) in [6.07, 6.45) is 7.22. The first kappa shape index (κ1) is 14.5. The van der Waals surface area contributed by atoms with Crippen molar-refractivity contribution in [1.29, 1.82) is 0 Å². The molecule has 2 N–H and O–H groups in total. The SMILES string of the molecule is C[C@H](NC(=O)Nc1cccnc1-n1cccn1)[C@@H]1CCCO1. The molecule has 22 heavy (non-hydrogen) atoms. The molecule has 2 atom stereocenters. The van der Waals surface area contributed by atoms with Gasteiger partial charge in [-0.05, 0) is 38.0 Å². The van der Waals surface area contributed by atoms with E-state index in [1.807, 2.05) is 6.92 Å². The summed E-state index contributed by atoms with van der Waals surface area (Å²) in [7, 11) is 0. The summed E-state index contributed by atoms with van der Waals surface area (Å²) in [5, 5.41) is 9.88. The number of nitrogens with one attached hydrogen (secondary N) is 2. The molecule has 7 heteroatoms. The first-order chi connectivity index (χ1) is 10.7. The zero-order valence-corrected chi connectivity index (χ0v) is 12.4. The molecule has 0 bridgehead atoms. The average Bonchev–Trinajstić information content (AvgIpc) is 3.21. The fourth-order valence-corrected chi connectivity index (χ4v) is 2.53. The van der Waals surface area contributed by atoms with Crippen molar-refractivity contribution in [3.8, 4) is 5.82 Å². The van der Waals surface area contributed by atoms with Crippen molar-refractivity contribution in [2.24, 2.45) is 0 Å². The second-order valence-corrected chi connectivity index (χ2v) is 5.26. The van der Waals surface area contributed by atoms with Crippen LogP contribution >= 0.6 is 0 Å². The van der Waals surface area contributed by atoms with E-state index in [0.717, 1.165) is 19.4 Å². The summed E-state index contributed by atoms with van der Waals surface area (Å²) >= 11 is 0. The molecule has 2 amide bonds. The van der Waals surface area contributed by atoms with Gasteiger partial charge in [0.1, 0.15) is 0 Å². The van der Waals surface area contributed by atoms with Crippen molar-refractivity contribution < 1.29 is 9.53 Å². The van der Waals surface area contributed by atoms with E-state index in [9.17, 15) is 4.79 Å². The molecular weight excluding hydrogens is 282 g/mol. The number of hydrogen-bond donors (Lipinski definition) is 2. The molecule has 1 aliphatic heterocycles. The van der Waals surface area contributed by atoms with Crippen LogP contribution in [0.5, 0.6) is 0 Å². The highest BCUT2D eigenvalue weighted by Crippen LogP contribution is 2.17. The lowest BCUT2D eigenvalue weighted by molar-refractivity contribution is 0.0868. The van der Waals surface area contributed by atoms with Crippen LogP contribution in [0.25, 0.3) is 5.82 Å². The average molecular weight is 301 g/mol. The Labute approximate surface area is 128 Å². The minimum atomic E-state index is -0.274. The summed E-state index contributed by atoms with van der Waals surface area (Å²) in [5.74, 6) is 0.576. The maximum Gasteiger partial charge on any atom is 0.319 e. The first-order valence-corrected chi connectivity index (χ1v) is 7.38. The van der Waals surface area contributed by atoms with E-state index in [-0.39, 0.29) is 18.2 Å². The molecule has 3 rings (SSSR count). The first-order valence-electron chi connectivity index (χ1n) is 7.38. The third kappa shape index (κ3) is 3.25. The van der Waals surface area contributed by atoms with Gasteiger partial charge in [0.25, 0.3) is 0 Å². The quantitative estimate of drug-likeness (QED) is 0.904. The second kappa shape index (κ2) is 6.57. The van der Waals surface area contributed by atoms with E-state index in [2.05, 4.69) is 20.7 Å². The van der Waals surface area contributed by atoms with Gasteiger partial charge in [0.15, 0.2) is 5.82 Å². The molecule has 2 aromatic rings. The van der Waals surface area contributed by atoms with Gasteiger partial charge >= 0.3 is 6.03 Å². The highest BCUT2D eigenvalue weighted by Gasteiger charge is 2.23. The standard InChI is InChI=1S/C15H19N5O2/c1-11(13-6-3-10-22-13)18-15(21)19-12-5-2-7-16-14(12)20-9-4-8-17-20/h2,4-5,7-9,11,13H,3,6,10H2,1H3,(H2,18,19,21)/t11-,13-/m0/s1. The van der Waals surface area contributed by atoms with Crippen LogP contribution in [0.2, 0.25) is 0 Å². The lowest BCUT2D eigenvalue weighted by atomic mass is 10.1. The van der Waals surface area contributed by atoms with Crippen molar-refractivity contribution in [2.45, 2.75) is 31.9 Å². The number of carbonyl (C=O) groups is 1. The minimum Gasteiger partial charge on any atom is -0.376 e. The largest absolute Gasteiger partial charge is 0.376 e. The summed E-state index contributed by atoms with van der Waals surface area (Å²) in [5.41, 5.74) is 0.600. The van der Waals surface area contributed by atoms with Crippen LogP contribution < -0.4 is 10.6 Å². The molecule has 116 valence electrons. The Hall–Kier alpha value is -2.41. The summed E-state index contributed by atoms with van der Waals surface area (Å²) in [6.45, 7) is 2.72. The van der Waals surface area contributed by atoms with Gasteiger partial charge in [-0.15, -0.1) is 0 Å². The summed E-state index contributed by atoms with van der Waals surface area (Å²) in [4.78, 5) is 16.4. The molecule has 0 saturated carbocycles. The topological polar surface area (TPSA) is 81.1 Å². The summed E-state index contributed by atoms with van der Waals surface area (Å²) < 4.78 is 7.19. The Morgan fingerprint density at radius 3 is 3.09 bits per heavy atom. The van der Waals surface area contributed by atoms with Crippen molar-refractivity contribution in [2.75, 3.05) is 11.9 Å². The molecule has 0 spiro atoms. The number of aromatic nitrogens is 3. The van der Waals surface area contributed by atoms with E-state index in [1.54, 1.807) is 41.5 Å². The Bertz CT molecular complexity index is 623. The minimum absolute atomic E-state index is 0.0349. The zero-order valence-electron chi connectivity index (χ0n) is 12.4. The Balaban J connectivity index is 1.66. The van der Waals surface area contributed by atoms with Gasteiger partial charge in [0.05, 0.1) is 17.8 Å². The molecule has 7 nitrogen and oxygen atoms in total. The Morgan fingerprint density at radius 1 is 1.45 bits per heavy atom. The van der Waals surface area contributed by atoms with E-state index in [1.165, 1.54) is 0 Å². The van der Waals surface area contributed by atoms with Crippen LogP contribution in [0.3, 0.4) is 0 Å². The number of anilines is 1. The van der Waals surface area contributed by atoms with Gasteiger partial charge in [0.2, 0.25) is 0 Å². The number of ether oxygens (including phenoxy) is 1. The molecule has 1 fully saturated rings. The number of nitrogens with zero attached hydrogens (tertiary/aromatic N) is 3. The van der Waals surface area contributed by atoms with Gasteiger partial charge in [-0.25, -0.2) is 14.5 Å². The number of rotatable bonds is 4. The zero-order chi connectivity index (χ0) is 15.4. The van der Waals surface area contributed by atoms with E-state index in [0.29, 0.717) is 11.5 Å². The number of urea groups is 1. The Kier molecular flexibility index (Phi) is 4.34. The van der Waals surface area contributed by atoms with Crippen LogP contribution in [0, 0.1) is 0 Å². The second-order valence-electron chi connectivity index (χ2n) is 5.26. The fraction of sp³-hybridized carbons (Fsp3) is 0.400. The monoisotopic (exact) mass is 301 g/mol. The smallest absolute Gasteiger partial charge is 0.319 e. The van der Waals surface area contributed by atoms with Crippen molar-refractivity contribution in [3.63, 3.8) is 0 Å². The van der Waals surface area contributed by atoms with Gasteiger partial charge in [-0.1, -0.05) is 0 Å². The van der Waals surface area contributed by atoms with Crippen LogP contribution in [0.15, 0.2) is 36.8 Å². The third-order valence-corrected chi connectivity index (χ3v) is 3.64. The predicted octanol–water partition coefficient (Wildman–Crippen LogP) is 1.96. The molecule has 0 unspecified atom stereocenters. The van der Waals surface area contributed by atoms with E-state index in [4.69, 9.17) is 4.74 Å². The van der Waals surface area contributed by atoms with Crippen LogP contribution in [0.1, 0.15) is 19.8 Å². The molecule has 3 heterocycles. The lowest BCUT2D eigenvalue weighted by Gasteiger charge is -2.20. The van der Waals surface area contributed by atoms with Crippen LogP contribution in [-0.2, 0) is 4.74 Å². The van der Waals surface area contributed by atoms with Crippen molar-refractivity contribution in [3.05, 3.63) is 36.8 Å². The molecule has 1 saturated heterocycles. The maximum absolute atomic E-state index is 12.2. The van der Waals surface area contributed by atoms with E-state index < -0.39 is 0 Å². The van der Waals surface area contributed by atoms with Crippen LogP contribution in [0.4, 0.5) is 10.5 Å². The third-order valence-electron chi connectivity index (χ3n) is 3.64. The highest BCUT2D eigenvalue weighted by atomic mass is 16.5. The van der Waals surface area contributed by atoms with Gasteiger partial charge in [-0.2, -0.15) is 5.10 Å². The lowest BCUT2D eigenvalue weighted by Crippen LogP contribution is -2.43. The Morgan fingerprint density at radius 2 is 2.36 bits per heavy atom. The molecule has 0 radical (unpaired) electrons.